The van der Waals surface area contributed by atoms with Gasteiger partial charge < -0.3 is 4.57 Å². The van der Waals surface area contributed by atoms with E-state index in [0.29, 0.717) is 0 Å². The van der Waals surface area contributed by atoms with Crippen LogP contribution in [-0.4, -0.2) is 4.57 Å². The predicted octanol–water partition coefficient (Wildman–Crippen LogP) is 12.1. The van der Waals surface area contributed by atoms with Crippen molar-refractivity contribution in [1.29, 1.82) is 0 Å². The van der Waals surface area contributed by atoms with Gasteiger partial charge in [-0.15, -0.1) is 0 Å². The lowest BCUT2D eigenvalue weighted by atomic mass is 9.70. The van der Waals surface area contributed by atoms with E-state index in [9.17, 15) is 0 Å². The van der Waals surface area contributed by atoms with E-state index in [4.69, 9.17) is 11.6 Å². The summed E-state index contributed by atoms with van der Waals surface area (Å²) in [6.45, 7) is 4.74. The molecule has 11 rings (SSSR count). The van der Waals surface area contributed by atoms with Gasteiger partial charge in [-0.1, -0.05) is 135 Å². The van der Waals surface area contributed by atoms with Crippen molar-refractivity contribution in [2.45, 2.75) is 24.7 Å². The molecule has 0 radical (unpaired) electrons. The van der Waals surface area contributed by atoms with Gasteiger partial charge in [0.05, 0.1) is 22.1 Å². The number of fused-ring (bicyclic) bond motifs is 16. The maximum absolute atomic E-state index is 6.89. The average Bonchev–Trinajstić information content (AvgIpc) is 3.78. The third-order valence-corrected chi connectivity index (χ3v) is 11.9. The normalized spacial score (nSPS) is 15.3. The third-order valence-electron chi connectivity index (χ3n) is 11.7. The summed E-state index contributed by atoms with van der Waals surface area (Å²) >= 11 is 6.89. The first-order valence-electron chi connectivity index (χ1n) is 16.8. The highest BCUT2D eigenvalue weighted by atomic mass is 35.5. The lowest BCUT2D eigenvalue weighted by molar-refractivity contribution is 0.661. The lowest BCUT2D eigenvalue weighted by Gasteiger charge is -2.30. The minimum absolute atomic E-state index is 0.0925. The molecule has 3 aliphatic rings. The Labute approximate surface area is 284 Å². The van der Waals surface area contributed by atoms with Crippen LogP contribution in [0, 0.1) is 0 Å². The predicted molar refractivity (Wildman–Crippen MR) is 200 cm³/mol. The second-order valence-corrected chi connectivity index (χ2v) is 14.6. The molecule has 0 fully saturated rings. The number of benzene rings is 7. The summed E-state index contributed by atoms with van der Waals surface area (Å²) in [5.74, 6) is 0. The molecule has 0 N–H and O–H groups in total. The van der Waals surface area contributed by atoms with Crippen molar-refractivity contribution in [1.82, 2.24) is 4.57 Å². The monoisotopic (exact) mass is 631 g/mol. The molecule has 3 aliphatic carbocycles. The molecular formula is C46H30ClN. The highest BCUT2D eigenvalue weighted by Gasteiger charge is 2.52. The van der Waals surface area contributed by atoms with E-state index in [1.54, 1.807) is 0 Å². The zero-order valence-corrected chi connectivity index (χ0v) is 27.4. The smallest absolute Gasteiger partial charge is 0.0726 e. The Morgan fingerprint density at radius 3 is 1.81 bits per heavy atom. The molecule has 2 heteroatoms. The van der Waals surface area contributed by atoms with Gasteiger partial charge in [-0.3, -0.25) is 0 Å². The van der Waals surface area contributed by atoms with Crippen molar-refractivity contribution in [2.75, 3.05) is 0 Å². The van der Waals surface area contributed by atoms with Gasteiger partial charge >= 0.3 is 0 Å². The molecule has 8 aromatic rings. The van der Waals surface area contributed by atoms with Gasteiger partial charge in [0.25, 0.3) is 0 Å². The minimum atomic E-state index is -0.456. The van der Waals surface area contributed by atoms with E-state index in [-0.39, 0.29) is 5.41 Å². The van der Waals surface area contributed by atoms with Gasteiger partial charge in [-0.2, -0.15) is 0 Å². The summed E-state index contributed by atoms with van der Waals surface area (Å²) in [7, 11) is 0. The maximum atomic E-state index is 6.89. The molecular weight excluding hydrogens is 602 g/mol. The Bertz CT molecular complexity index is 2680. The van der Waals surface area contributed by atoms with Crippen molar-refractivity contribution in [3.8, 4) is 39.1 Å². The van der Waals surface area contributed by atoms with E-state index in [0.717, 1.165) is 5.02 Å². The van der Waals surface area contributed by atoms with Crippen LogP contribution >= 0.6 is 11.6 Å². The molecule has 1 heterocycles. The summed E-state index contributed by atoms with van der Waals surface area (Å²) in [4.78, 5) is 0. The van der Waals surface area contributed by atoms with Crippen LogP contribution in [0.1, 0.15) is 47.2 Å². The molecule has 0 saturated carbocycles. The topological polar surface area (TPSA) is 4.93 Å². The second-order valence-electron chi connectivity index (χ2n) is 14.2. The molecule has 48 heavy (non-hydrogen) atoms. The average molecular weight is 632 g/mol. The number of aromatic nitrogens is 1. The van der Waals surface area contributed by atoms with Gasteiger partial charge in [0.1, 0.15) is 0 Å². The SMILES string of the molecule is CC1(C)c2ccccc2-c2cc3c4ccccc4n(-c4cccc5c4-c4ccc(Cl)cc4C54c5ccccc5-c5ccccc54)c3cc21. The Hall–Kier alpha value is -5.37. The van der Waals surface area contributed by atoms with Crippen molar-refractivity contribution < 1.29 is 0 Å². The first-order chi connectivity index (χ1) is 23.5. The Morgan fingerprint density at radius 2 is 1.06 bits per heavy atom. The molecule has 1 spiro atoms. The molecule has 7 aromatic carbocycles. The fourth-order valence-corrected chi connectivity index (χ4v) is 9.92. The number of hydrogen-bond acceptors (Lipinski definition) is 0. The molecule has 226 valence electrons. The summed E-state index contributed by atoms with van der Waals surface area (Å²) in [5.41, 5.74) is 18.9. The van der Waals surface area contributed by atoms with Gasteiger partial charge in [0.2, 0.25) is 0 Å². The van der Waals surface area contributed by atoms with Crippen LogP contribution in [0.3, 0.4) is 0 Å². The van der Waals surface area contributed by atoms with Crippen molar-refractivity contribution in [2.24, 2.45) is 0 Å². The van der Waals surface area contributed by atoms with Crippen molar-refractivity contribution in [3.63, 3.8) is 0 Å². The quantitative estimate of drug-likeness (QED) is 0.170. The summed E-state index contributed by atoms with van der Waals surface area (Å²) in [6.07, 6.45) is 0. The van der Waals surface area contributed by atoms with Crippen LogP contribution in [0.2, 0.25) is 5.02 Å². The van der Waals surface area contributed by atoms with Crippen LogP contribution in [-0.2, 0) is 10.8 Å². The van der Waals surface area contributed by atoms with Crippen LogP contribution in [0.4, 0.5) is 0 Å². The standard InChI is InChI=1S/C46H30ClN/c1-45(2)35-16-7-3-14-30(35)33-25-34-31-15-6-10-20-41(31)48(43(34)26-39(33)45)42-21-11-19-38-44(42)32-23-22-27(47)24-40(32)46(38)36-17-8-4-12-28(36)29-13-5-9-18-37(29)46/h3-26H,1-2H3. The van der Waals surface area contributed by atoms with E-state index in [1.807, 2.05) is 0 Å². The fraction of sp³-hybridized carbons (Fsp3) is 0.0870. The van der Waals surface area contributed by atoms with Gasteiger partial charge in [-0.25, -0.2) is 0 Å². The molecule has 0 bridgehead atoms. The maximum Gasteiger partial charge on any atom is 0.0726 e. The Morgan fingerprint density at radius 1 is 0.438 bits per heavy atom. The highest BCUT2D eigenvalue weighted by Crippen LogP contribution is 2.64. The second kappa shape index (κ2) is 8.95. The molecule has 0 unspecified atom stereocenters. The number of halogens is 1. The summed E-state index contributed by atoms with van der Waals surface area (Å²) in [5, 5.41) is 3.32. The van der Waals surface area contributed by atoms with Crippen molar-refractivity contribution >= 4 is 33.4 Å². The minimum Gasteiger partial charge on any atom is -0.309 e. The van der Waals surface area contributed by atoms with E-state index in [2.05, 4.69) is 164 Å². The van der Waals surface area contributed by atoms with Gasteiger partial charge in [0.15, 0.2) is 0 Å². The Balaban J connectivity index is 1.29. The molecule has 1 aromatic heterocycles. The summed E-state index contributed by atoms with van der Waals surface area (Å²) < 4.78 is 2.53. The van der Waals surface area contributed by atoms with Gasteiger partial charge in [-0.05, 0) is 97.6 Å². The first-order valence-corrected chi connectivity index (χ1v) is 17.2. The molecule has 0 saturated heterocycles. The zero-order valence-electron chi connectivity index (χ0n) is 26.7. The molecule has 0 aliphatic heterocycles. The van der Waals surface area contributed by atoms with Crippen LogP contribution < -0.4 is 0 Å². The molecule has 1 nitrogen and oxygen atoms in total. The number of nitrogens with zero attached hydrogens (tertiary/aromatic N) is 1. The van der Waals surface area contributed by atoms with Crippen LogP contribution in [0.25, 0.3) is 60.9 Å². The molecule has 0 atom stereocenters. The van der Waals surface area contributed by atoms with Crippen molar-refractivity contribution in [3.05, 3.63) is 184 Å². The van der Waals surface area contributed by atoms with Crippen LogP contribution in [0.5, 0.6) is 0 Å². The fourth-order valence-electron chi connectivity index (χ4n) is 9.75. The van der Waals surface area contributed by atoms with Gasteiger partial charge in [0, 0.05) is 26.8 Å². The lowest BCUT2D eigenvalue weighted by Crippen LogP contribution is -2.25. The van der Waals surface area contributed by atoms with E-state index in [1.165, 1.54) is 94.3 Å². The number of para-hydroxylation sites is 1. The largest absolute Gasteiger partial charge is 0.309 e. The number of rotatable bonds is 1. The highest BCUT2D eigenvalue weighted by molar-refractivity contribution is 6.31. The van der Waals surface area contributed by atoms with E-state index >= 15 is 0 Å². The van der Waals surface area contributed by atoms with E-state index < -0.39 is 5.41 Å². The third kappa shape index (κ3) is 3.01. The number of hydrogen-bond donors (Lipinski definition) is 0. The van der Waals surface area contributed by atoms with Crippen LogP contribution in [0.15, 0.2) is 146 Å². The zero-order chi connectivity index (χ0) is 31.9. The Kier molecular flexibility index (Phi) is 4.97. The molecule has 0 amide bonds. The summed E-state index contributed by atoms with van der Waals surface area (Å²) in [6, 6.07) is 54.2. The first kappa shape index (κ1) is 26.7.